The minimum Gasteiger partial charge on any atom is -0.481 e. The third kappa shape index (κ3) is 3.17. The summed E-state index contributed by atoms with van der Waals surface area (Å²) in [5, 5.41) is 10.2. The van der Waals surface area contributed by atoms with E-state index in [9.17, 15) is 14.7 Å². The Morgan fingerprint density at radius 1 is 1.21 bits per heavy atom. The molecule has 5 heteroatoms. The molecule has 0 radical (unpaired) electrons. The lowest BCUT2D eigenvalue weighted by Gasteiger charge is -2.41. The Balaban J connectivity index is 1.49. The van der Waals surface area contributed by atoms with E-state index in [0.717, 1.165) is 6.42 Å². The second kappa shape index (κ2) is 7.41. The Morgan fingerprint density at radius 2 is 1.90 bits per heavy atom. The van der Waals surface area contributed by atoms with Gasteiger partial charge < -0.3 is 10.0 Å². The number of carboxylic acids is 1. The van der Waals surface area contributed by atoms with Crippen LogP contribution in [0.25, 0.3) is 0 Å². The number of benzene rings is 1. The van der Waals surface area contributed by atoms with Crippen LogP contribution in [0.3, 0.4) is 0 Å². The smallest absolute Gasteiger partial charge is 0.310 e. The predicted molar refractivity (Wildman–Crippen MR) is 109 cm³/mol. The number of aryl methyl sites for hydroxylation is 1. The topological polar surface area (TPSA) is 57.6 Å². The van der Waals surface area contributed by atoms with Crippen molar-refractivity contribution in [3.8, 4) is 0 Å². The number of likely N-dealkylation sites (tertiary alicyclic amines) is 1. The summed E-state index contributed by atoms with van der Waals surface area (Å²) in [7, 11) is 0. The normalized spacial score (nSPS) is 33.5. The fourth-order valence-electron chi connectivity index (χ4n) is 6.50. The van der Waals surface area contributed by atoms with Gasteiger partial charge in [0.15, 0.2) is 0 Å². The molecule has 2 aliphatic carbocycles. The molecular weight excluding hydrogens is 369 g/mol. The van der Waals surface area contributed by atoms with Crippen LogP contribution in [0.2, 0.25) is 0 Å². The van der Waals surface area contributed by atoms with Crippen LogP contribution in [0.1, 0.15) is 68.9 Å². The highest BCUT2D eigenvalue weighted by Gasteiger charge is 2.76. The fraction of sp³-hybridized carbons (Fsp3) is 0.667. The number of nitrogens with zero attached hydrogens (tertiary/aromatic N) is 1. The lowest BCUT2D eigenvalue weighted by Crippen LogP contribution is -2.45. The number of hydrogen-bond donors (Lipinski definition) is 1. The van der Waals surface area contributed by atoms with Crippen LogP contribution in [-0.4, -0.2) is 41.1 Å². The number of carbonyl (C=O) groups is 2. The van der Waals surface area contributed by atoms with Gasteiger partial charge in [-0.15, -0.1) is 0 Å². The van der Waals surface area contributed by atoms with Crippen molar-refractivity contribution in [2.75, 3.05) is 13.1 Å². The van der Waals surface area contributed by atoms with Gasteiger partial charge in [-0.1, -0.05) is 31.2 Å². The highest BCUT2D eigenvalue weighted by Crippen LogP contribution is 2.74. The quantitative estimate of drug-likeness (QED) is 0.795. The SMILES string of the molecule is CCC(=O)N1CCC2(CC1)C[C@@]2(C(=O)O)C1CCC(c2ccccc2C)CC1F. The first-order valence-electron chi connectivity index (χ1n) is 11.1. The molecule has 1 spiro atoms. The van der Waals surface area contributed by atoms with Gasteiger partial charge in [0.25, 0.3) is 0 Å². The standard InChI is InChI=1S/C24H32FNO3/c1-3-21(27)26-12-10-23(11-13-26)15-24(23,22(28)29)19-9-8-17(14-20(19)25)18-7-5-4-6-16(18)2/h4-7,17,19-20H,3,8-15H2,1-2H3,(H,28,29)/t17?,19?,20?,24-/m0/s1. The minimum atomic E-state index is -1.08. The van der Waals surface area contributed by atoms with Crippen molar-refractivity contribution in [1.82, 2.24) is 4.90 Å². The Hall–Kier alpha value is -1.91. The summed E-state index contributed by atoms with van der Waals surface area (Å²) >= 11 is 0. The molecule has 29 heavy (non-hydrogen) atoms. The largest absolute Gasteiger partial charge is 0.481 e. The van der Waals surface area contributed by atoms with Crippen LogP contribution >= 0.6 is 0 Å². The molecule has 4 rings (SSSR count). The maximum Gasteiger partial charge on any atom is 0.310 e. The first kappa shape index (κ1) is 20.4. The Kier molecular flexibility index (Phi) is 5.20. The number of halogens is 1. The summed E-state index contributed by atoms with van der Waals surface area (Å²) in [6.07, 6.45) is 3.24. The second-order valence-corrected chi connectivity index (χ2v) is 9.46. The van der Waals surface area contributed by atoms with Crippen molar-refractivity contribution >= 4 is 11.9 Å². The molecule has 1 aromatic carbocycles. The van der Waals surface area contributed by atoms with Gasteiger partial charge in [-0.3, -0.25) is 9.59 Å². The van der Waals surface area contributed by atoms with E-state index < -0.39 is 23.5 Å². The van der Waals surface area contributed by atoms with Crippen LogP contribution in [-0.2, 0) is 9.59 Å². The molecule has 1 amide bonds. The van der Waals surface area contributed by atoms with Gasteiger partial charge in [0, 0.05) is 25.4 Å². The molecule has 2 saturated carbocycles. The van der Waals surface area contributed by atoms with Gasteiger partial charge in [0.2, 0.25) is 5.91 Å². The van der Waals surface area contributed by atoms with Crippen molar-refractivity contribution < 1.29 is 19.1 Å². The van der Waals surface area contributed by atoms with E-state index in [2.05, 4.69) is 19.1 Å². The zero-order chi connectivity index (χ0) is 20.8. The number of rotatable bonds is 4. The van der Waals surface area contributed by atoms with Crippen LogP contribution < -0.4 is 0 Å². The van der Waals surface area contributed by atoms with Crippen LogP contribution in [0.5, 0.6) is 0 Å². The monoisotopic (exact) mass is 401 g/mol. The average Bonchev–Trinajstić information content (AvgIpc) is 3.36. The van der Waals surface area contributed by atoms with Crippen LogP contribution in [0, 0.1) is 23.7 Å². The highest BCUT2D eigenvalue weighted by atomic mass is 19.1. The molecule has 3 unspecified atom stereocenters. The summed E-state index contributed by atoms with van der Waals surface area (Å²) in [5.74, 6) is -0.931. The molecule has 1 N–H and O–H groups in total. The first-order valence-corrected chi connectivity index (χ1v) is 11.1. The maximum atomic E-state index is 15.5. The van der Waals surface area contributed by atoms with Gasteiger partial charge in [0.05, 0.1) is 5.41 Å². The number of carboxylic acid groups (broad SMARTS) is 1. The molecule has 3 aliphatic rings. The van der Waals surface area contributed by atoms with E-state index in [1.54, 1.807) is 0 Å². The molecule has 1 aromatic rings. The number of carbonyl (C=O) groups excluding carboxylic acids is 1. The summed E-state index contributed by atoms with van der Waals surface area (Å²) in [6.45, 7) is 5.13. The van der Waals surface area contributed by atoms with E-state index in [-0.39, 0.29) is 17.2 Å². The molecular formula is C24H32FNO3. The van der Waals surface area contributed by atoms with Crippen LogP contribution in [0.15, 0.2) is 24.3 Å². The van der Waals surface area contributed by atoms with Gasteiger partial charge in [-0.2, -0.15) is 0 Å². The van der Waals surface area contributed by atoms with E-state index in [1.807, 2.05) is 24.0 Å². The van der Waals surface area contributed by atoms with Gasteiger partial charge in [-0.25, -0.2) is 4.39 Å². The van der Waals surface area contributed by atoms with Crippen molar-refractivity contribution in [1.29, 1.82) is 0 Å². The summed E-state index contributed by atoms with van der Waals surface area (Å²) in [4.78, 5) is 26.3. The van der Waals surface area contributed by atoms with Crippen LogP contribution in [0.4, 0.5) is 4.39 Å². The van der Waals surface area contributed by atoms with Gasteiger partial charge in [0.1, 0.15) is 6.17 Å². The molecule has 158 valence electrons. The molecule has 3 fully saturated rings. The molecule has 0 bridgehead atoms. The predicted octanol–water partition coefficient (Wildman–Crippen LogP) is 4.71. The van der Waals surface area contributed by atoms with Crippen molar-refractivity contribution in [3.63, 3.8) is 0 Å². The number of piperidine rings is 1. The van der Waals surface area contributed by atoms with E-state index in [1.165, 1.54) is 11.1 Å². The zero-order valence-corrected chi connectivity index (χ0v) is 17.5. The summed E-state index contributed by atoms with van der Waals surface area (Å²) in [5.41, 5.74) is 1.13. The molecule has 0 aromatic heterocycles. The first-order chi connectivity index (χ1) is 13.8. The number of amides is 1. The molecule has 1 saturated heterocycles. The van der Waals surface area contributed by atoms with Crippen molar-refractivity contribution in [2.45, 2.75) is 70.9 Å². The third-order valence-electron chi connectivity index (χ3n) is 8.23. The Bertz CT molecular complexity index is 801. The van der Waals surface area contributed by atoms with Crippen molar-refractivity contribution in [2.24, 2.45) is 16.7 Å². The molecule has 4 nitrogen and oxygen atoms in total. The maximum absolute atomic E-state index is 15.5. The third-order valence-corrected chi connectivity index (χ3v) is 8.23. The van der Waals surface area contributed by atoms with E-state index >= 15 is 4.39 Å². The zero-order valence-electron chi connectivity index (χ0n) is 17.5. The highest BCUT2D eigenvalue weighted by molar-refractivity contribution is 5.81. The van der Waals surface area contributed by atoms with Gasteiger partial charge >= 0.3 is 5.97 Å². The summed E-state index contributed by atoms with van der Waals surface area (Å²) < 4.78 is 15.5. The fourth-order valence-corrected chi connectivity index (χ4v) is 6.50. The van der Waals surface area contributed by atoms with E-state index in [4.69, 9.17) is 0 Å². The van der Waals surface area contributed by atoms with E-state index in [0.29, 0.717) is 51.6 Å². The number of aliphatic carboxylic acids is 1. The summed E-state index contributed by atoms with van der Waals surface area (Å²) in [6, 6.07) is 8.15. The molecule has 1 heterocycles. The molecule has 1 aliphatic heterocycles. The lowest BCUT2D eigenvalue weighted by molar-refractivity contribution is -0.151. The number of hydrogen-bond acceptors (Lipinski definition) is 2. The van der Waals surface area contributed by atoms with Crippen molar-refractivity contribution in [3.05, 3.63) is 35.4 Å². The Morgan fingerprint density at radius 3 is 2.48 bits per heavy atom. The lowest BCUT2D eigenvalue weighted by atomic mass is 9.67. The minimum absolute atomic E-state index is 0.128. The van der Waals surface area contributed by atoms with Gasteiger partial charge in [-0.05, 0) is 67.9 Å². The second-order valence-electron chi connectivity index (χ2n) is 9.46. The average molecular weight is 402 g/mol. The Labute approximate surface area is 172 Å². The number of alkyl halides is 1. The molecule has 4 atom stereocenters.